The molecule has 0 amide bonds. The van der Waals surface area contributed by atoms with Gasteiger partial charge in [0.2, 0.25) is 10.0 Å². The number of benzene rings is 2. The first kappa shape index (κ1) is 19.2. The Morgan fingerprint density at radius 2 is 1.78 bits per heavy atom. The second kappa shape index (κ2) is 7.58. The molecule has 1 heterocycles. The van der Waals surface area contributed by atoms with E-state index >= 15 is 0 Å². The van der Waals surface area contributed by atoms with Gasteiger partial charge >= 0.3 is 0 Å². The smallest absolute Gasteiger partial charge is 0.267 e. The summed E-state index contributed by atoms with van der Waals surface area (Å²) in [4.78, 5) is 13.2. The zero-order valence-corrected chi connectivity index (χ0v) is 16.3. The lowest BCUT2D eigenvalue weighted by molar-refractivity contribution is 0.0846. The third kappa shape index (κ3) is 4.23. The van der Waals surface area contributed by atoms with Gasteiger partial charge in [0.25, 0.3) is 5.91 Å². The van der Waals surface area contributed by atoms with Crippen LogP contribution in [0.1, 0.15) is 30.6 Å². The highest BCUT2D eigenvalue weighted by molar-refractivity contribution is 7.89. The molecule has 0 radical (unpaired) electrons. The van der Waals surface area contributed by atoms with Gasteiger partial charge in [-0.3, -0.25) is 4.79 Å². The van der Waals surface area contributed by atoms with E-state index in [1.807, 2.05) is 20.8 Å². The number of sulfonamides is 1. The minimum absolute atomic E-state index is 0.106. The Hall–Kier alpha value is -2.58. The summed E-state index contributed by atoms with van der Waals surface area (Å²) in [5, 5.41) is 7.90. The maximum Gasteiger partial charge on any atom is 0.267 e. The number of nitrogens with zero attached hydrogens (tertiary/aromatic N) is 3. The molecule has 3 rings (SSSR count). The van der Waals surface area contributed by atoms with Gasteiger partial charge in [0, 0.05) is 0 Å². The van der Waals surface area contributed by atoms with Gasteiger partial charge in [-0.2, -0.15) is 9.40 Å². The van der Waals surface area contributed by atoms with Crippen LogP contribution in [0, 0.1) is 12.8 Å². The van der Waals surface area contributed by atoms with Crippen LogP contribution >= 0.6 is 0 Å². The number of fused-ring (bicyclic) bond motifs is 1. The lowest BCUT2D eigenvalue weighted by Crippen LogP contribution is -2.44. The third-order valence-electron chi connectivity index (χ3n) is 4.19. The number of carbonyl (C=O) groups excluding carboxylic acids is 1. The molecule has 1 unspecified atom stereocenters. The largest absolute Gasteiger partial charge is 0.271 e. The normalized spacial score (nSPS) is 13.2. The third-order valence-corrected chi connectivity index (χ3v) is 5.68. The molecule has 0 spiro atoms. The van der Waals surface area contributed by atoms with Crippen molar-refractivity contribution >= 4 is 27.0 Å². The molecule has 27 heavy (non-hydrogen) atoms. The van der Waals surface area contributed by atoms with E-state index in [2.05, 4.69) is 15.0 Å². The molecule has 0 bridgehead atoms. The number of para-hydroxylation sites is 1. The molecule has 3 aromatic rings. The second-order valence-corrected chi connectivity index (χ2v) is 8.66. The van der Waals surface area contributed by atoms with Crippen LogP contribution in [-0.4, -0.2) is 35.4 Å². The van der Waals surface area contributed by atoms with Crippen LogP contribution < -0.4 is 4.72 Å². The molecule has 1 atom stereocenters. The molecule has 0 aliphatic carbocycles. The van der Waals surface area contributed by atoms with Gasteiger partial charge in [0.15, 0.2) is 0 Å². The number of hydrogen-bond acceptors (Lipinski definition) is 5. The van der Waals surface area contributed by atoms with E-state index in [9.17, 15) is 13.2 Å². The molecule has 0 aliphatic rings. The van der Waals surface area contributed by atoms with Crippen molar-refractivity contribution in [3.05, 3.63) is 54.1 Å². The highest BCUT2D eigenvalue weighted by Crippen LogP contribution is 2.16. The van der Waals surface area contributed by atoms with Gasteiger partial charge < -0.3 is 0 Å². The van der Waals surface area contributed by atoms with Crippen molar-refractivity contribution in [3.8, 4) is 0 Å². The maximum atomic E-state index is 13.1. The molecule has 0 saturated carbocycles. The van der Waals surface area contributed by atoms with Crippen molar-refractivity contribution in [3.63, 3.8) is 0 Å². The monoisotopic (exact) mass is 386 g/mol. The van der Waals surface area contributed by atoms with Gasteiger partial charge in [-0.15, -0.1) is 5.10 Å². The van der Waals surface area contributed by atoms with Gasteiger partial charge in [-0.05, 0) is 43.5 Å². The minimum Gasteiger partial charge on any atom is -0.271 e. The van der Waals surface area contributed by atoms with E-state index < -0.39 is 22.0 Å². The summed E-state index contributed by atoms with van der Waals surface area (Å²) >= 11 is 0. The first-order valence-corrected chi connectivity index (χ1v) is 10.2. The highest BCUT2D eigenvalue weighted by atomic mass is 32.2. The van der Waals surface area contributed by atoms with E-state index in [-0.39, 0.29) is 10.8 Å². The van der Waals surface area contributed by atoms with E-state index in [0.29, 0.717) is 17.5 Å². The summed E-state index contributed by atoms with van der Waals surface area (Å²) in [6, 6.07) is 12.6. The van der Waals surface area contributed by atoms with Crippen LogP contribution in [0.25, 0.3) is 11.0 Å². The van der Waals surface area contributed by atoms with Crippen molar-refractivity contribution in [2.24, 2.45) is 5.92 Å². The highest BCUT2D eigenvalue weighted by Gasteiger charge is 2.29. The van der Waals surface area contributed by atoms with Gasteiger partial charge in [0.1, 0.15) is 11.6 Å². The Labute approximate surface area is 158 Å². The molecule has 0 fully saturated rings. The standard InChI is InChI=1S/C19H22N4O3S/c1-13(2)12-17(21-27(25,26)15-10-8-14(3)9-11-15)19(24)23-18-7-5-4-6-16(18)20-22-23/h4-11,13,17,21H,12H2,1-3H3. The number of aryl methyl sites for hydroxylation is 1. The van der Waals surface area contributed by atoms with Crippen LogP contribution in [0.3, 0.4) is 0 Å². The molecule has 1 aromatic heterocycles. The predicted molar refractivity (Wildman–Crippen MR) is 103 cm³/mol. The minimum atomic E-state index is -3.84. The molecule has 8 heteroatoms. The van der Waals surface area contributed by atoms with Crippen LogP contribution in [-0.2, 0) is 10.0 Å². The number of carbonyl (C=O) groups is 1. The molecule has 1 N–H and O–H groups in total. The lowest BCUT2D eigenvalue weighted by Gasteiger charge is -2.19. The first-order valence-electron chi connectivity index (χ1n) is 8.71. The van der Waals surface area contributed by atoms with Crippen LogP contribution in [0.5, 0.6) is 0 Å². The Kier molecular flexibility index (Phi) is 5.38. The summed E-state index contributed by atoms with van der Waals surface area (Å²) in [5.74, 6) is -0.345. The van der Waals surface area contributed by atoms with Crippen molar-refractivity contribution in [2.45, 2.75) is 38.1 Å². The summed E-state index contributed by atoms with van der Waals surface area (Å²) in [6.07, 6.45) is 0.345. The molecular formula is C19H22N4O3S. The molecule has 0 aliphatic heterocycles. The summed E-state index contributed by atoms with van der Waals surface area (Å²) in [5.41, 5.74) is 2.08. The van der Waals surface area contributed by atoms with Crippen molar-refractivity contribution in [1.29, 1.82) is 0 Å². The van der Waals surface area contributed by atoms with Gasteiger partial charge in [0.05, 0.1) is 10.4 Å². The van der Waals surface area contributed by atoms with Crippen LogP contribution in [0.15, 0.2) is 53.4 Å². The topological polar surface area (TPSA) is 94.0 Å². The van der Waals surface area contributed by atoms with E-state index in [4.69, 9.17) is 0 Å². The summed E-state index contributed by atoms with van der Waals surface area (Å²) in [6.45, 7) is 5.74. The molecule has 7 nitrogen and oxygen atoms in total. The fourth-order valence-electron chi connectivity index (χ4n) is 2.82. The van der Waals surface area contributed by atoms with E-state index in [1.54, 1.807) is 36.4 Å². The quantitative estimate of drug-likeness (QED) is 0.703. The first-order chi connectivity index (χ1) is 12.8. The second-order valence-electron chi connectivity index (χ2n) is 6.94. The van der Waals surface area contributed by atoms with Gasteiger partial charge in [-0.1, -0.05) is 48.9 Å². The van der Waals surface area contributed by atoms with Crippen molar-refractivity contribution in [2.75, 3.05) is 0 Å². The van der Waals surface area contributed by atoms with Crippen molar-refractivity contribution in [1.82, 2.24) is 19.7 Å². The Morgan fingerprint density at radius 3 is 2.44 bits per heavy atom. The number of hydrogen-bond donors (Lipinski definition) is 1. The zero-order valence-electron chi connectivity index (χ0n) is 15.5. The summed E-state index contributed by atoms with van der Waals surface area (Å²) < 4.78 is 29.2. The molecule has 0 saturated heterocycles. The number of aromatic nitrogens is 3. The molecular weight excluding hydrogens is 364 g/mol. The van der Waals surface area contributed by atoms with Crippen LogP contribution in [0.4, 0.5) is 0 Å². The average Bonchev–Trinajstić information content (AvgIpc) is 3.04. The van der Waals surface area contributed by atoms with E-state index in [0.717, 1.165) is 5.56 Å². The van der Waals surface area contributed by atoms with Gasteiger partial charge in [-0.25, -0.2) is 8.42 Å². The van der Waals surface area contributed by atoms with Crippen LogP contribution in [0.2, 0.25) is 0 Å². The SMILES string of the molecule is Cc1ccc(S(=O)(=O)NC(CC(C)C)C(=O)n2nnc3ccccc32)cc1. The Morgan fingerprint density at radius 1 is 1.11 bits per heavy atom. The fourth-order valence-corrected chi connectivity index (χ4v) is 4.02. The predicted octanol–water partition coefficient (Wildman–Crippen LogP) is 2.77. The zero-order chi connectivity index (χ0) is 19.6. The Balaban J connectivity index is 1.94. The van der Waals surface area contributed by atoms with Crippen molar-refractivity contribution < 1.29 is 13.2 Å². The average molecular weight is 386 g/mol. The Bertz CT molecular complexity index is 1060. The van der Waals surface area contributed by atoms with E-state index in [1.165, 1.54) is 16.8 Å². The fraction of sp³-hybridized carbons (Fsp3) is 0.316. The lowest BCUT2D eigenvalue weighted by atomic mass is 10.0. The number of nitrogens with one attached hydrogen (secondary N) is 1. The molecule has 2 aromatic carbocycles. The summed E-state index contributed by atoms with van der Waals surface area (Å²) in [7, 11) is -3.84. The number of rotatable bonds is 6. The molecule has 142 valence electrons. The maximum absolute atomic E-state index is 13.1.